The van der Waals surface area contributed by atoms with Crippen molar-refractivity contribution in [1.82, 2.24) is 19.1 Å². The largest absolute Gasteiger partial charge is 0.497 e. The first kappa shape index (κ1) is 21.8. The van der Waals surface area contributed by atoms with E-state index in [-0.39, 0.29) is 24.1 Å². The number of ether oxygens (including phenoxy) is 2. The van der Waals surface area contributed by atoms with Crippen LogP contribution in [0.4, 0.5) is 5.69 Å². The maximum atomic E-state index is 13.3. The third-order valence-corrected chi connectivity index (χ3v) is 5.06. The van der Waals surface area contributed by atoms with E-state index in [0.29, 0.717) is 17.2 Å². The summed E-state index contributed by atoms with van der Waals surface area (Å²) in [6.45, 7) is -0.298. The summed E-state index contributed by atoms with van der Waals surface area (Å²) in [5.41, 5.74) is 0.369. The average molecular weight is 447 g/mol. The minimum atomic E-state index is -0.617. The van der Waals surface area contributed by atoms with Crippen LogP contribution in [0.15, 0.2) is 70.6 Å². The molecule has 4 rings (SSSR count). The molecule has 3 heterocycles. The topological polar surface area (TPSA) is 117 Å². The van der Waals surface area contributed by atoms with Crippen LogP contribution in [-0.2, 0) is 17.9 Å². The van der Waals surface area contributed by atoms with Crippen LogP contribution in [0.5, 0.6) is 11.5 Å². The highest BCUT2D eigenvalue weighted by Gasteiger charge is 2.17. The van der Waals surface area contributed by atoms with Crippen LogP contribution in [0.2, 0.25) is 0 Å². The van der Waals surface area contributed by atoms with Gasteiger partial charge in [0.1, 0.15) is 18.0 Å². The highest BCUT2D eigenvalue weighted by Crippen LogP contribution is 2.29. The first-order chi connectivity index (χ1) is 16.0. The fourth-order valence-electron chi connectivity index (χ4n) is 3.44. The Bertz CT molecular complexity index is 1430. The van der Waals surface area contributed by atoms with Gasteiger partial charge in [-0.3, -0.25) is 23.7 Å². The van der Waals surface area contributed by atoms with Gasteiger partial charge in [-0.15, -0.1) is 0 Å². The van der Waals surface area contributed by atoms with Crippen LogP contribution in [0.25, 0.3) is 11.0 Å². The van der Waals surface area contributed by atoms with Crippen LogP contribution in [0.1, 0.15) is 5.56 Å². The summed E-state index contributed by atoms with van der Waals surface area (Å²) >= 11 is 0. The lowest BCUT2D eigenvalue weighted by Gasteiger charge is -2.15. The Hall–Kier alpha value is -4.47. The second-order valence-corrected chi connectivity index (χ2v) is 7.10. The third kappa shape index (κ3) is 4.45. The van der Waals surface area contributed by atoms with Crippen LogP contribution in [0, 0.1) is 0 Å². The van der Waals surface area contributed by atoms with Gasteiger partial charge in [-0.05, 0) is 42.0 Å². The number of rotatable bonds is 7. The van der Waals surface area contributed by atoms with E-state index in [1.165, 1.54) is 25.0 Å². The van der Waals surface area contributed by atoms with Gasteiger partial charge in [0.25, 0.3) is 5.56 Å². The molecule has 0 aliphatic heterocycles. The van der Waals surface area contributed by atoms with E-state index in [0.717, 1.165) is 10.1 Å². The number of anilines is 1. The molecule has 0 aliphatic rings. The fraction of sp³-hybridized carbons (Fsp3) is 0.174. The van der Waals surface area contributed by atoms with Crippen molar-refractivity contribution in [1.29, 1.82) is 0 Å². The molecule has 0 aliphatic carbocycles. The monoisotopic (exact) mass is 447 g/mol. The van der Waals surface area contributed by atoms with Gasteiger partial charge in [0.05, 0.1) is 32.0 Å². The predicted molar refractivity (Wildman–Crippen MR) is 122 cm³/mol. The van der Waals surface area contributed by atoms with E-state index in [4.69, 9.17) is 9.47 Å². The van der Waals surface area contributed by atoms with E-state index in [9.17, 15) is 14.4 Å². The summed E-state index contributed by atoms with van der Waals surface area (Å²) in [5.74, 6) is 0.505. The van der Waals surface area contributed by atoms with Crippen LogP contribution in [0.3, 0.4) is 0 Å². The predicted octanol–water partition coefficient (Wildman–Crippen LogP) is 1.66. The molecule has 1 N–H and O–H groups in total. The van der Waals surface area contributed by atoms with Crippen molar-refractivity contribution in [3.05, 3.63) is 87.5 Å². The molecule has 1 aromatic carbocycles. The van der Waals surface area contributed by atoms with Gasteiger partial charge in [0.2, 0.25) is 5.91 Å². The SMILES string of the molecule is COc1ccc(NC(=O)Cn2c(=O)n(Cc3ccncc3)c(=O)c3ncccc32)c(OC)c1. The second kappa shape index (κ2) is 9.35. The number of hydrogen-bond acceptors (Lipinski definition) is 7. The second-order valence-electron chi connectivity index (χ2n) is 7.10. The highest BCUT2D eigenvalue weighted by atomic mass is 16.5. The minimum Gasteiger partial charge on any atom is -0.497 e. The molecule has 3 aromatic heterocycles. The van der Waals surface area contributed by atoms with Gasteiger partial charge in [-0.1, -0.05) is 0 Å². The fourth-order valence-corrected chi connectivity index (χ4v) is 3.44. The Morgan fingerprint density at radius 2 is 1.79 bits per heavy atom. The first-order valence-electron chi connectivity index (χ1n) is 10.0. The van der Waals surface area contributed by atoms with Crippen LogP contribution in [-0.4, -0.2) is 39.2 Å². The van der Waals surface area contributed by atoms with Gasteiger partial charge in [0, 0.05) is 24.7 Å². The third-order valence-electron chi connectivity index (χ3n) is 5.06. The highest BCUT2D eigenvalue weighted by molar-refractivity contribution is 5.93. The van der Waals surface area contributed by atoms with Crippen molar-refractivity contribution in [2.45, 2.75) is 13.1 Å². The maximum absolute atomic E-state index is 13.3. The van der Waals surface area contributed by atoms with Crippen molar-refractivity contribution in [3.63, 3.8) is 0 Å². The van der Waals surface area contributed by atoms with Gasteiger partial charge < -0.3 is 14.8 Å². The summed E-state index contributed by atoms with van der Waals surface area (Å²) in [6.07, 6.45) is 4.62. The summed E-state index contributed by atoms with van der Waals surface area (Å²) in [6, 6.07) is 11.6. The zero-order chi connectivity index (χ0) is 23.4. The zero-order valence-corrected chi connectivity index (χ0v) is 18.0. The Kier molecular flexibility index (Phi) is 6.16. The van der Waals surface area contributed by atoms with Gasteiger partial charge in [0.15, 0.2) is 5.52 Å². The van der Waals surface area contributed by atoms with E-state index in [1.54, 1.807) is 54.9 Å². The Morgan fingerprint density at radius 1 is 1.00 bits per heavy atom. The molecule has 0 bridgehead atoms. The molecule has 10 nitrogen and oxygen atoms in total. The lowest BCUT2D eigenvalue weighted by molar-refractivity contribution is -0.116. The number of amides is 1. The molecule has 0 atom stereocenters. The number of carbonyl (C=O) groups is 1. The number of nitrogens with zero attached hydrogens (tertiary/aromatic N) is 4. The van der Waals surface area contributed by atoms with Gasteiger partial charge in [-0.2, -0.15) is 0 Å². The van der Waals surface area contributed by atoms with Gasteiger partial charge >= 0.3 is 5.69 Å². The number of aromatic nitrogens is 4. The summed E-state index contributed by atoms with van der Waals surface area (Å²) in [5, 5.41) is 2.74. The van der Waals surface area contributed by atoms with E-state index in [2.05, 4.69) is 15.3 Å². The summed E-state index contributed by atoms with van der Waals surface area (Å²) < 4.78 is 12.8. The zero-order valence-electron chi connectivity index (χ0n) is 18.0. The Labute approximate surface area is 188 Å². The number of nitrogens with one attached hydrogen (secondary N) is 1. The number of hydrogen-bond donors (Lipinski definition) is 1. The molecule has 168 valence electrons. The lowest BCUT2D eigenvalue weighted by Crippen LogP contribution is -2.42. The molecule has 0 unspecified atom stereocenters. The van der Waals surface area contributed by atoms with Crippen molar-refractivity contribution in [2.75, 3.05) is 19.5 Å². The minimum absolute atomic E-state index is 0.0284. The van der Waals surface area contributed by atoms with Crippen LogP contribution >= 0.6 is 0 Å². The van der Waals surface area contributed by atoms with Crippen molar-refractivity contribution in [2.24, 2.45) is 0 Å². The molecule has 0 spiro atoms. The quantitative estimate of drug-likeness (QED) is 0.458. The standard InChI is InChI=1S/C23H21N5O5/c1-32-16-5-6-17(19(12-16)33-2)26-20(29)14-27-18-4-3-9-25-21(18)22(30)28(23(27)31)13-15-7-10-24-11-8-15/h3-12H,13-14H2,1-2H3,(H,26,29). The maximum Gasteiger partial charge on any atom is 0.332 e. The van der Waals surface area contributed by atoms with Crippen molar-refractivity contribution in [3.8, 4) is 11.5 Å². The van der Waals surface area contributed by atoms with E-state index in [1.807, 2.05) is 0 Å². The molecule has 4 aromatic rings. The summed E-state index contributed by atoms with van der Waals surface area (Å²) in [7, 11) is 3.00. The molecular formula is C23H21N5O5. The molecule has 1 amide bonds. The lowest BCUT2D eigenvalue weighted by atomic mass is 10.2. The number of pyridine rings is 2. The smallest absolute Gasteiger partial charge is 0.332 e. The number of benzene rings is 1. The molecule has 0 saturated carbocycles. The molecule has 10 heteroatoms. The first-order valence-corrected chi connectivity index (χ1v) is 10.0. The van der Waals surface area contributed by atoms with Crippen molar-refractivity contribution < 1.29 is 14.3 Å². The number of carbonyl (C=O) groups excluding carboxylic acids is 1. The van der Waals surface area contributed by atoms with E-state index < -0.39 is 17.2 Å². The van der Waals surface area contributed by atoms with Crippen molar-refractivity contribution >= 4 is 22.6 Å². The molecule has 0 fully saturated rings. The Balaban J connectivity index is 1.72. The Morgan fingerprint density at radius 3 is 2.52 bits per heavy atom. The normalized spacial score (nSPS) is 10.7. The summed E-state index contributed by atoms with van der Waals surface area (Å²) in [4.78, 5) is 47.2. The number of fused-ring (bicyclic) bond motifs is 1. The molecule has 33 heavy (non-hydrogen) atoms. The van der Waals surface area contributed by atoms with Gasteiger partial charge in [-0.25, -0.2) is 9.78 Å². The van der Waals surface area contributed by atoms with E-state index >= 15 is 0 Å². The molecule has 0 radical (unpaired) electrons. The van der Waals surface area contributed by atoms with Crippen LogP contribution < -0.4 is 26.0 Å². The number of methoxy groups -OCH3 is 2. The molecular weight excluding hydrogens is 426 g/mol. The molecule has 0 saturated heterocycles. The average Bonchev–Trinajstić information content (AvgIpc) is 2.85.